The van der Waals surface area contributed by atoms with Crippen molar-refractivity contribution in [2.24, 2.45) is 17.6 Å². The normalized spacial score (nSPS) is 28.9. The third-order valence-electron chi connectivity index (χ3n) is 9.35. The summed E-state index contributed by atoms with van der Waals surface area (Å²) in [5.41, 5.74) is 7.41. The number of hydrogen-bond donors (Lipinski definition) is 2. The van der Waals surface area contributed by atoms with Crippen molar-refractivity contribution in [3.8, 4) is 6.07 Å². The molecule has 2 saturated heterocycles. The quantitative estimate of drug-likeness (QED) is 0.529. The van der Waals surface area contributed by atoms with Crippen LogP contribution in [0.2, 0.25) is 0 Å². The monoisotopic (exact) mass is 521 g/mol. The predicted molar refractivity (Wildman–Crippen MR) is 155 cm³/mol. The van der Waals surface area contributed by atoms with Gasteiger partial charge in [0, 0.05) is 30.7 Å². The highest BCUT2D eigenvalue weighted by atomic mass is 16.1. The number of nitrogens with two attached hydrogens (primary N) is 1. The average molecular weight is 522 g/mol. The molecule has 4 atom stereocenters. The summed E-state index contributed by atoms with van der Waals surface area (Å²) >= 11 is 0. The van der Waals surface area contributed by atoms with Crippen molar-refractivity contribution in [1.82, 2.24) is 15.1 Å². The van der Waals surface area contributed by atoms with Gasteiger partial charge in [-0.05, 0) is 114 Å². The molecule has 2 aliphatic heterocycles. The molecular weight excluding hydrogens is 470 g/mol. The Morgan fingerprint density at radius 1 is 0.763 bits per heavy atom. The van der Waals surface area contributed by atoms with E-state index in [0.29, 0.717) is 23.1 Å². The second-order valence-electron chi connectivity index (χ2n) is 12.2. The fourth-order valence-electron chi connectivity index (χ4n) is 6.97. The first-order valence-electron chi connectivity index (χ1n) is 15.6. The van der Waals surface area contributed by atoms with Gasteiger partial charge in [-0.1, -0.05) is 38.5 Å². The number of nitrogens with one attached hydrogen (secondary N) is 1. The van der Waals surface area contributed by atoms with Gasteiger partial charge in [0.25, 0.3) is 5.91 Å². The number of amides is 1. The Morgan fingerprint density at radius 3 is 1.87 bits per heavy atom. The van der Waals surface area contributed by atoms with Crippen molar-refractivity contribution in [3.05, 3.63) is 35.4 Å². The predicted octanol–water partition coefficient (Wildman–Crippen LogP) is 5.32. The van der Waals surface area contributed by atoms with Crippen LogP contribution < -0.4 is 11.1 Å². The van der Waals surface area contributed by atoms with Gasteiger partial charge in [0.15, 0.2) is 0 Å². The Labute approximate surface area is 231 Å². The van der Waals surface area contributed by atoms with Gasteiger partial charge in [-0.25, -0.2) is 0 Å². The van der Waals surface area contributed by atoms with Crippen molar-refractivity contribution < 1.29 is 4.79 Å². The van der Waals surface area contributed by atoms with Gasteiger partial charge < -0.3 is 20.9 Å². The van der Waals surface area contributed by atoms with Gasteiger partial charge in [-0.2, -0.15) is 5.26 Å². The first-order chi connectivity index (χ1) is 18.6. The Balaban J connectivity index is 0.000000204. The van der Waals surface area contributed by atoms with E-state index in [1.54, 1.807) is 24.3 Å². The molecule has 1 aromatic rings. The Bertz CT molecular complexity index is 869. The molecule has 2 saturated carbocycles. The van der Waals surface area contributed by atoms with E-state index in [4.69, 9.17) is 11.0 Å². The smallest absolute Gasteiger partial charge is 0.251 e. The molecule has 0 unspecified atom stereocenters. The maximum atomic E-state index is 12.5. The van der Waals surface area contributed by atoms with Crippen LogP contribution in [0.15, 0.2) is 24.3 Å². The minimum Gasteiger partial charge on any atom is -0.349 e. The van der Waals surface area contributed by atoms with Crippen LogP contribution in [0.25, 0.3) is 0 Å². The van der Waals surface area contributed by atoms with Crippen LogP contribution >= 0.6 is 0 Å². The van der Waals surface area contributed by atoms with Crippen LogP contribution in [0.5, 0.6) is 0 Å². The van der Waals surface area contributed by atoms with E-state index >= 15 is 0 Å². The summed E-state index contributed by atoms with van der Waals surface area (Å²) in [5, 5.41) is 12.1. The highest BCUT2D eigenvalue weighted by Crippen LogP contribution is 2.27. The van der Waals surface area contributed by atoms with Crippen molar-refractivity contribution in [1.29, 1.82) is 5.26 Å². The van der Waals surface area contributed by atoms with Gasteiger partial charge in [0.05, 0.1) is 11.6 Å². The molecule has 1 aromatic carbocycles. The zero-order chi connectivity index (χ0) is 26.6. The third-order valence-corrected chi connectivity index (χ3v) is 9.35. The number of likely N-dealkylation sites (tertiary alicyclic amines) is 2. The lowest BCUT2D eigenvalue weighted by Gasteiger charge is -2.37. The van der Waals surface area contributed by atoms with E-state index in [0.717, 1.165) is 18.9 Å². The van der Waals surface area contributed by atoms with E-state index in [2.05, 4.69) is 21.2 Å². The summed E-state index contributed by atoms with van der Waals surface area (Å²) in [6.07, 6.45) is 18.4. The number of carbonyl (C=O) groups excluding carboxylic acids is 1. The molecule has 2 heterocycles. The maximum Gasteiger partial charge on any atom is 0.251 e. The van der Waals surface area contributed by atoms with Gasteiger partial charge in [-0.15, -0.1) is 0 Å². The Kier molecular flexibility index (Phi) is 11.9. The van der Waals surface area contributed by atoms with E-state index < -0.39 is 0 Å². The molecule has 0 spiro atoms. The summed E-state index contributed by atoms with van der Waals surface area (Å²) in [7, 11) is 0. The summed E-state index contributed by atoms with van der Waals surface area (Å²) in [6.45, 7) is 7.48. The van der Waals surface area contributed by atoms with Crippen LogP contribution in [0, 0.1) is 23.2 Å². The van der Waals surface area contributed by atoms with E-state index in [1.165, 1.54) is 116 Å². The Hall–Kier alpha value is -1.94. The molecule has 6 nitrogen and oxygen atoms in total. The van der Waals surface area contributed by atoms with Crippen molar-refractivity contribution >= 4 is 5.91 Å². The molecule has 5 rings (SSSR count). The summed E-state index contributed by atoms with van der Waals surface area (Å²) in [6, 6.07) is 9.77. The lowest BCUT2D eigenvalue weighted by atomic mass is 9.83. The average Bonchev–Trinajstić information content (AvgIpc) is 2.97. The molecule has 3 N–H and O–H groups in total. The molecule has 0 bridgehead atoms. The second kappa shape index (κ2) is 15.6. The molecule has 0 radical (unpaired) electrons. The van der Waals surface area contributed by atoms with Gasteiger partial charge in [0.2, 0.25) is 0 Å². The van der Waals surface area contributed by atoms with Gasteiger partial charge in [-0.3, -0.25) is 4.79 Å². The molecule has 38 heavy (non-hydrogen) atoms. The topological polar surface area (TPSA) is 85.4 Å². The van der Waals surface area contributed by atoms with Crippen molar-refractivity contribution in [2.45, 2.75) is 102 Å². The second-order valence-corrected chi connectivity index (χ2v) is 12.2. The third kappa shape index (κ3) is 9.07. The molecule has 1 amide bonds. The first kappa shape index (κ1) is 29.1. The minimum atomic E-state index is -0.00460. The number of nitrogens with zero attached hydrogens (tertiary/aromatic N) is 3. The number of benzene rings is 1. The Morgan fingerprint density at radius 2 is 1.29 bits per heavy atom. The van der Waals surface area contributed by atoms with Crippen molar-refractivity contribution in [3.63, 3.8) is 0 Å². The highest BCUT2D eigenvalue weighted by molar-refractivity contribution is 5.94. The summed E-state index contributed by atoms with van der Waals surface area (Å²) < 4.78 is 0. The number of hydrogen-bond acceptors (Lipinski definition) is 5. The van der Waals surface area contributed by atoms with Crippen LogP contribution in [-0.4, -0.2) is 67.1 Å². The van der Waals surface area contributed by atoms with E-state index in [1.807, 2.05) is 0 Å². The zero-order valence-electron chi connectivity index (χ0n) is 23.6. The van der Waals surface area contributed by atoms with E-state index in [-0.39, 0.29) is 11.9 Å². The number of piperidine rings is 2. The van der Waals surface area contributed by atoms with Crippen LogP contribution in [-0.2, 0) is 0 Å². The van der Waals surface area contributed by atoms with Gasteiger partial charge in [0.1, 0.15) is 0 Å². The fourth-order valence-corrected chi connectivity index (χ4v) is 6.97. The molecular formula is C32H51N5O. The van der Waals surface area contributed by atoms with Crippen molar-refractivity contribution in [2.75, 3.05) is 39.3 Å². The molecule has 210 valence electrons. The highest BCUT2D eigenvalue weighted by Gasteiger charge is 2.29. The lowest BCUT2D eigenvalue weighted by molar-refractivity contribution is 0.0877. The molecule has 0 aromatic heterocycles. The fraction of sp³-hybridized carbons (Fsp3) is 0.750. The number of rotatable bonds is 6. The molecule has 4 aliphatic rings. The van der Waals surface area contributed by atoms with Gasteiger partial charge >= 0.3 is 0 Å². The van der Waals surface area contributed by atoms with E-state index in [9.17, 15) is 4.79 Å². The SMILES string of the molecule is N#Cc1ccc(C(=O)N[C@@H]2CCCC[C@H]2CN2CCCCC2)cc1.N[C@@H]1CCCC[C@H]1CN1CCCCC1. The lowest BCUT2D eigenvalue weighted by Crippen LogP contribution is -2.47. The first-order valence-corrected chi connectivity index (χ1v) is 15.6. The molecule has 6 heteroatoms. The number of carbonyl (C=O) groups is 1. The number of nitriles is 1. The summed E-state index contributed by atoms with van der Waals surface area (Å²) in [5.74, 6) is 1.36. The minimum absolute atomic E-state index is 0.00460. The molecule has 4 fully saturated rings. The zero-order valence-corrected chi connectivity index (χ0v) is 23.6. The standard InChI is InChI=1S/C20H27N3O.C12H24N2/c21-14-16-8-10-17(11-9-16)20(24)22-19-7-3-2-6-18(19)15-23-12-4-1-5-13-23;13-12-7-3-2-6-11(12)10-14-8-4-1-5-9-14/h8-11,18-19H,1-7,12-13,15H2,(H,22,24);11-12H,1-10,13H2/t18-,19+;11-,12+/m00/s1. The summed E-state index contributed by atoms with van der Waals surface area (Å²) in [4.78, 5) is 17.8. The van der Waals surface area contributed by atoms with Crippen LogP contribution in [0.1, 0.15) is 106 Å². The van der Waals surface area contributed by atoms with Crippen LogP contribution in [0.4, 0.5) is 0 Å². The van der Waals surface area contributed by atoms with Crippen LogP contribution in [0.3, 0.4) is 0 Å². The molecule has 2 aliphatic carbocycles. The maximum absolute atomic E-state index is 12.5. The largest absolute Gasteiger partial charge is 0.349 e.